The van der Waals surface area contributed by atoms with E-state index in [0.717, 1.165) is 40.0 Å². The quantitative estimate of drug-likeness (QED) is 0.580. The van der Waals surface area contributed by atoms with Gasteiger partial charge in [0.2, 0.25) is 5.88 Å². The van der Waals surface area contributed by atoms with Gasteiger partial charge >= 0.3 is 0 Å². The Morgan fingerprint density at radius 3 is 2.52 bits per heavy atom. The van der Waals surface area contributed by atoms with Crippen LogP contribution in [0.3, 0.4) is 0 Å². The third-order valence-electron chi connectivity index (χ3n) is 5.04. The van der Waals surface area contributed by atoms with Crippen LogP contribution in [0.25, 0.3) is 22.3 Å². The van der Waals surface area contributed by atoms with E-state index < -0.39 is 0 Å². The summed E-state index contributed by atoms with van der Waals surface area (Å²) in [5.74, 6) is 0.978. The van der Waals surface area contributed by atoms with Crippen molar-refractivity contribution in [3.8, 4) is 17.1 Å². The number of hydrogen-bond acceptors (Lipinski definition) is 4. The summed E-state index contributed by atoms with van der Waals surface area (Å²) in [7, 11) is 3.41. The standard InChI is InChI=1S/C22H29N3O2/c1-7-16(13-26-5)25-11-10-19-20(25)12-15(4)21(23-19)17-8-9-18(14(2)3)24-22(17)27-6/h8-12,14,16H,7,13H2,1-6H3/t16-/m1/s1. The van der Waals surface area contributed by atoms with E-state index in [4.69, 9.17) is 14.5 Å². The molecule has 144 valence electrons. The first-order chi connectivity index (χ1) is 13.0. The molecule has 3 heterocycles. The van der Waals surface area contributed by atoms with Crippen molar-refractivity contribution in [2.45, 2.75) is 46.1 Å². The highest BCUT2D eigenvalue weighted by atomic mass is 16.5. The Hall–Kier alpha value is -2.40. The fourth-order valence-electron chi connectivity index (χ4n) is 3.46. The average molecular weight is 367 g/mol. The molecule has 0 N–H and O–H groups in total. The molecular formula is C22H29N3O2. The predicted octanol–water partition coefficient (Wildman–Crippen LogP) is 5.14. The van der Waals surface area contributed by atoms with E-state index >= 15 is 0 Å². The van der Waals surface area contributed by atoms with Crippen molar-refractivity contribution in [2.24, 2.45) is 0 Å². The normalized spacial score (nSPS) is 12.7. The van der Waals surface area contributed by atoms with Crippen molar-refractivity contribution in [1.82, 2.24) is 14.5 Å². The van der Waals surface area contributed by atoms with Crippen molar-refractivity contribution in [2.75, 3.05) is 20.8 Å². The Labute approximate surface area is 161 Å². The highest BCUT2D eigenvalue weighted by Crippen LogP contribution is 2.33. The van der Waals surface area contributed by atoms with Gasteiger partial charge in [-0.05, 0) is 49.1 Å². The number of rotatable bonds is 7. The summed E-state index contributed by atoms with van der Waals surface area (Å²) in [5, 5.41) is 0. The zero-order chi connectivity index (χ0) is 19.6. The first-order valence-electron chi connectivity index (χ1n) is 9.52. The molecule has 1 atom stereocenters. The SMILES string of the molecule is CC[C@H](COC)n1ccc2nc(-c3ccc(C(C)C)nc3OC)c(C)cc21. The van der Waals surface area contributed by atoms with E-state index in [1.165, 1.54) is 0 Å². The number of aryl methyl sites for hydroxylation is 1. The molecule has 0 aliphatic heterocycles. The number of aromatic nitrogens is 3. The van der Waals surface area contributed by atoms with Gasteiger partial charge in [0, 0.05) is 19.0 Å². The summed E-state index contributed by atoms with van der Waals surface area (Å²) in [6.07, 6.45) is 3.11. The fourth-order valence-corrected chi connectivity index (χ4v) is 3.46. The number of hydrogen-bond donors (Lipinski definition) is 0. The van der Waals surface area contributed by atoms with Crippen LogP contribution in [0.4, 0.5) is 0 Å². The first-order valence-corrected chi connectivity index (χ1v) is 9.52. The Bertz CT molecular complexity index is 931. The number of ether oxygens (including phenoxy) is 2. The van der Waals surface area contributed by atoms with Gasteiger partial charge in [-0.1, -0.05) is 20.8 Å². The summed E-state index contributed by atoms with van der Waals surface area (Å²) >= 11 is 0. The Kier molecular flexibility index (Phi) is 5.80. The van der Waals surface area contributed by atoms with Crippen molar-refractivity contribution in [3.63, 3.8) is 0 Å². The van der Waals surface area contributed by atoms with Crippen LogP contribution < -0.4 is 4.74 Å². The van der Waals surface area contributed by atoms with Crippen LogP contribution in [-0.4, -0.2) is 35.4 Å². The number of fused-ring (bicyclic) bond motifs is 1. The molecule has 5 heteroatoms. The van der Waals surface area contributed by atoms with Crippen LogP contribution in [0.15, 0.2) is 30.5 Å². The van der Waals surface area contributed by atoms with Gasteiger partial charge in [-0.15, -0.1) is 0 Å². The second kappa shape index (κ2) is 8.09. The molecule has 0 fully saturated rings. The van der Waals surface area contributed by atoms with Crippen molar-refractivity contribution in [1.29, 1.82) is 0 Å². The maximum absolute atomic E-state index is 5.58. The molecule has 0 amide bonds. The minimum Gasteiger partial charge on any atom is -0.480 e. The van der Waals surface area contributed by atoms with Crippen molar-refractivity contribution in [3.05, 3.63) is 41.7 Å². The van der Waals surface area contributed by atoms with Gasteiger partial charge in [0.1, 0.15) is 0 Å². The maximum Gasteiger partial charge on any atom is 0.222 e. The van der Waals surface area contributed by atoms with Gasteiger partial charge in [0.15, 0.2) is 0 Å². The van der Waals surface area contributed by atoms with E-state index in [9.17, 15) is 0 Å². The van der Waals surface area contributed by atoms with Gasteiger partial charge in [0.25, 0.3) is 0 Å². The molecule has 0 saturated carbocycles. The number of methoxy groups -OCH3 is 2. The Balaban J connectivity index is 2.11. The number of nitrogens with zero attached hydrogens (tertiary/aromatic N) is 3. The molecule has 3 aromatic rings. The molecular weight excluding hydrogens is 338 g/mol. The summed E-state index contributed by atoms with van der Waals surface area (Å²) in [5.41, 5.74) is 6.07. The molecule has 0 radical (unpaired) electrons. The lowest BCUT2D eigenvalue weighted by molar-refractivity contribution is 0.155. The minimum atomic E-state index is 0.307. The summed E-state index contributed by atoms with van der Waals surface area (Å²) in [6.45, 7) is 9.21. The lowest BCUT2D eigenvalue weighted by Gasteiger charge is -2.18. The average Bonchev–Trinajstić information content (AvgIpc) is 3.07. The highest BCUT2D eigenvalue weighted by molar-refractivity contribution is 5.82. The van der Waals surface area contributed by atoms with Crippen LogP contribution in [0.2, 0.25) is 0 Å². The lowest BCUT2D eigenvalue weighted by Crippen LogP contribution is -2.12. The fraction of sp³-hybridized carbons (Fsp3) is 0.455. The van der Waals surface area contributed by atoms with E-state index in [2.05, 4.69) is 67.7 Å². The molecule has 0 spiro atoms. The van der Waals surface area contributed by atoms with Crippen LogP contribution >= 0.6 is 0 Å². The molecule has 0 saturated heterocycles. The zero-order valence-electron chi connectivity index (χ0n) is 17.1. The van der Waals surface area contributed by atoms with Crippen molar-refractivity contribution >= 4 is 11.0 Å². The lowest BCUT2D eigenvalue weighted by atomic mass is 10.0. The first kappa shape index (κ1) is 19.4. The molecule has 5 nitrogen and oxygen atoms in total. The summed E-state index contributed by atoms with van der Waals surface area (Å²) < 4.78 is 13.2. The molecule has 3 aromatic heterocycles. The molecule has 0 unspecified atom stereocenters. The van der Waals surface area contributed by atoms with Crippen LogP contribution in [0.1, 0.15) is 50.4 Å². The Morgan fingerprint density at radius 2 is 1.89 bits per heavy atom. The maximum atomic E-state index is 5.58. The van der Waals surface area contributed by atoms with E-state index in [-0.39, 0.29) is 0 Å². The monoisotopic (exact) mass is 367 g/mol. The number of pyridine rings is 2. The Morgan fingerprint density at radius 1 is 1.11 bits per heavy atom. The van der Waals surface area contributed by atoms with Gasteiger partial charge in [0.05, 0.1) is 42.0 Å². The van der Waals surface area contributed by atoms with E-state index in [1.54, 1.807) is 14.2 Å². The summed E-state index contributed by atoms with van der Waals surface area (Å²) in [6, 6.07) is 8.70. The van der Waals surface area contributed by atoms with Gasteiger partial charge in [-0.3, -0.25) is 0 Å². The third-order valence-corrected chi connectivity index (χ3v) is 5.04. The largest absolute Gasteiger partial charge is 0.480 e. The van der Waals surface area contributed by atoms with Crippen LogP contribution in [0, 0.1) is 6.92 Å². The molecule has 0 aliphatic rings. The second-order valence-electron chi connectivity index (χ2n) is 7.25. The van der Waals surface area contributed by atoms with E-state index in [0.29, 0.717) is 24.4 Å². The smallest absolute Gasteiger partial charge is 0.222 e. The highest BCUT2D eigenvalue weighted by Gasteiger charge is 2.17. The zero-order valence-corrected chi connectivity index (χ0v) is 17.1. The van der Waals surface area contributed by atoms with Crippen molar-refractivity contribution < 1.29 is 9.47 Å². The van der Waals surface area contributed by atoms with Gasteiger partial charge < -0.3 is 14.0 Å². The minimum absolute atomic E-state index is 0.307. The van der Waals surface area contributed by atoms with Crippen LogP contribution in [0.5, 0.6) is 5.88 Å². The summed E-state index contributed by atoms with van der Waals surface area (Å²) in [4.78, 5) is 9.62. The van der Waals surface area contributed by atoms with E-state index in [1.807, 2.05) is 0 Å². The molecule has 3 rings (SSSR count). The topological polar surface area (TPSA) is 49.2 Å². The second-order valence-corrected chi connectivity index (χ2v) is 7.25. The molecule has 0 aromatic carbocycles. The third kappa shape index (κ3) is 3.69. The van der Waals surface area contributed by atoms with Gasteiger partial charge in [-0.25, -0.2) is 9.97 Å². The predicted molar refractivity (Wildman–Crippen MR) is 110 cm³/mol. The van der Waals surface area contributed by atoms with Gasteiger partial charge in [-0.2, -0.15) is 0 Å². The molecule has 27 heavy (non-hydrogen) atoms. The molecule has 0 bridgehead atoms. The molecule has 0 aliphatic carbocycles. The van der Waals surface area contributed by atoms with Crippen LogP contribution in [-0.2, 0) is 4.74 Å².